The second-order valence-corrected chi connectivity index (χ2v) is 6.41. The van der Waals surface area contributed by atoms with E-state index < -0.39 is 6.10 Å². The third-order valence-corrected chi connectivity index (χ3v) is 4.76. The fourth-order valence-electron chi connectivity index (χ4n) is 2.84. The summed E-state index contributed by atoms with van der Waals surface area (Å²) < 4.78 is 0. The standard InChI is InChI=1S/C16H25ClN2O/c1-12-10-13(4-5-15(12)17)16(20)11-19(3)14-6-8-18(2)9-7-14/h4-5,10,14,16,20H,6-9,11H2,1-3H3. The highest BCUT2D eigenvalue weighted by atomic mass is 35.5. The Balaban J connectivity index is 1.93. The lowest BCUT2D eigenvalue weighted by Gasteiger charge is -2.36. The highest BCUT2D eigenvalue weighted by molar-refractivity contribution is 6.31. The van der Waals surface area contributed by atoms with Crippen LogP contribution in [-0.2, 0) is 0 Å². The van der Waals surface area contributed by atoms with Crippen LogP contribution in [-0.4, -0.2) is 54.7 Å². The number of hydrogen-bond donors (Lipinski definition) is 1. The van der Waals surface area contributed by atoms with Gasteiger partial charge in [0.05, 0.1) is 6.10 Å². The smallest absolute Gasteiger partial charge is 0.0917 e. The lowest BCUT2D eigenvalue weighted by molar-refractivity contribution is 0.0788. The number of benzene rings is 1. The zero-order valence-electron chi connectivity index (χ0n) is 12.6. The van der Waals surface area contributed by atoms with Crippen LogP contribution in [0.1, 0.15) is 30.1 Å². The Hall–Kier alpha value is -0.610. The van der Waals surface area contributed by atoms with Crippen LogP contribution in [0.25, 0.3) is 0 Å². The van der Waals surface area contributed by atoms with E-state index in [4.69, 9.17) is 11.6 Å². The van der Waals surface area contributed by atoms with E-state index in [0.717, 1.165) is 29.2 Å². The van der Waals surface area contributed by atoms with E-state index in [1.54, 1.807) is 0 Å². The fraction of sp³-hybridized carbons (Fsp3) is 0.625. The summed E-state index contributed by atoms with van der Waals surface area (Å²) >= 11 is 6.03. The minimum atomic E-state index is -0.448. The summed E-state index contributed by atoms with van der Waals surface area (Å²) in [7, 11) is 4.28. The fourth-order valence-corrected chi connectivity index (χ4v) is 2.96. The highest BCUT2D eigenvalue weighted by Gasteiger charge is 2.22. The largest absolute Gasteiger partial charge is 0.387 e. The molecule has 0 spiro atoms. The maximum atomic E-state index is 10.4. The summed E-state index contributed by atoms with van der Waals surface area (Å²) in [5, 5.41) is 11.1. The van der Waals surface area contributed by atoms with Crippen molar-refractivity contribution in [1.82, 2.24) is 9.80 Å². The van der Waals surface area contributed by atoms with Crippen LogP contribution in [0.5, 0.6) is 0 Å². The van der Waals surface area contributed by atoms with Gasteiger partial charge in [0.25, 0.3) is 0 Å². The van der Waals surface area contributed by atoms with Gasteiger partial charge in [0.2, 0.25) is 0 Å². The quantitative estimate of drug-likeness (QED) is 0.925. The molecule has 0 aromatic heterocycles. The molecule has 1 aliphatic heterocycles. The molecule has 0 radical (unpaired) electrons. The number of rotatable bonds is 4. The Morgan fingerprint density at radius 3 is 2.65 bits per heavy atom. The van der Waals surface area contributed by atoms with Gasteiger partial charge in [0.1, 0.15) is 0 Å². The van der Waals surface area contributed by atoms with E-state index in [-0.39, 0.29) is 0 Å². The second-order valence-electron chi connectivity index (χ2n) is 6.00. The molecule has 0 amide bonds. The maximum absolute atomic E-state index is 10.4. The Kier molecular flexibility index (Phi) is 5.44. The molecular formula is C16H25ClN2O. The van der Waals surface area contributed by atoms with Crippen LogP contribution in [0.3, 0.4) is 0 Å². The Bertz CT molecular complexity index is 444. The van der Waals surface area contributed by atoms with Crippen molar-refractivity contribution in [2.24, 2.45) is 0 Å². The summed E-state index contributed by atoms with van der Waals surface area (Å²) in [6.45, 7) is 4.94. The average molecular weight is 297 g/mol. The molecule has 1 atom stereocenters. The van der Waals surface area contributed by atoms with Gasteiger partial charge in [0, 0.05) is 17.6 Å². The molecule has 1 N–H and O–H groups in total. The van der Waals surface area contributed by atoms with Crippen molar-refractivity contribution < 1.29 is 5.11 Å². The van der Waals surface area contributed by atoms with Crippen molar-refractivity contribution >= 4 is 11.6 Å². The molecule has 112 valence electrons. The van der Waals surface area contributed by atoms with Crippen LogP contribution in [0.4, 0.5) is 0 Å². The Morgan fingerprint density at radius 2 is 2.05 bits per heavy atom. The van der Waals surface area contributed by atoms with Gasteiger partial charge in [-0.05, 0) is 64.1 Å². The van der Waals surface area contributed by atoms with Crippen LogP contribution in [0, 0.1) is 6.92 Å². The molecule has 4 heteroatoms. The summed E-state index contributed by atoms with van der Waals surface area (Å²) in [5.41, 5.74) is 1.97. The molecule has 1 unspecified atom stereocenters. The third-order valence-electron chi connectivity index (χ3n) is 4.34. The Morgan fingerprint density at radius 1 is 1.40 bits per heavy atom. The number of aliphatic hydroxyl groups is 1. The predicted molar refractivity (Wildman–Crippen MR) is 84.3 cm³/mol. The van der Waals surface area contributed by atoms with Gasteiger partial charge in [-0.2, -0.15) is 0 Å². The van der Waals surface area contributed by atoms with Crippen LogP contribution >= 0.6 is 11.6 Å². The SMILES string of the molecule is Cc1cc(C(O)CN(C)C2CCN(C)CC2)ccc1Cl. The van der Waals surface area contributed by atoms with E-state index >= 15 is 0 Å². The van der Waals surface area contributed by atoms with Crippen molar-refractivity contribution in [1.29, 1.82) is 0 Å². The predicted octanol–water partition coefficient (Wildman–Crippen LogP) is 2.71. The summed E-state index contributed by atoms with van der Waals surface area (Å²) in [6.07, 6.45) is 1.91. The molecule has 1 aliphatic rings. The summed E-state index contributed by atoms with van der Waals surface area (Å²) in [4.78, 5) is 4.66. The van der Waals surface area contributed by atoms with Gasteiger partial charge in [-0.3, -0.25) is 0 Å². The molecule has 0 aliphatic carbocycles. The van der Waals surface area contributed by atoms with E-state index in [2.05, 4.69) is 23.9 Å². The van der Waals surface area contributed by atoms with Crippen molar-refractivity contribution in [2.45, 2.75) is 31.9 Å². The van der Waals surface area contributed by atoms with Crippen LogP contribution < -0.4 is 0 Å². The molecule has 0 saturated carbocycles. The molecule has 1 heterocycles. The first-order valence-electron chi connectivity index (χ1n) is 7.30. The molecule has 1 aromatic rings. The van der Waals surface area contributed by atoms with Gasteiger partial charge in [-0.15, -0.1) is 0 Å². The lowest BCUT2D eigenvalue weighted by Crippen LogP contribution is -2.43. The zero-order valence-corrected chi connectivity index (χ0v) is 13.4. The number of nitrogens with zero attached hydrogens (tertiary/aromatic N) is 2. The van der Waals surface area contributed by atoms with Crippen molar-refractivity contribution in [3.8, 4) is 0 Å². The monoisotopic (exact) mass is 296 g/mol. The molecule has 0 bridgehead atoms. The normalized spacial score (nSPS) is 19.5. The van der Waals surface area contributed by atoms with Crippen molar-refractivity contribution in [2.75, 3.05) is 33.7 Å². The molecule has 20 heavy (non-hydrogen) atoms. The van der Waals surface area contributed by atoms with E-state index in [1.165, 1.54) is 12.8 Å². The zero-order chi connectivity index (χ0) is 14.7. The van der Waals surface area contributed by atoms with E-state index in [0.29, 0.717) is 12.6 Å². The third kappa shape index (κ3) is 3.95. The molecule has 2 rings (SSSR count). The summed E-state index contributed by atoms with van der Waals surface area (Å²) in [5.74, 6) is 0. The molecular weight excluding hydrogens is 272 g/mol. The Labute approximate surface area is 127 Å². The number of likely N-dealkylation sites (N-methyl/N-ethyl adjacent to an activating group) is 1. The minimum absolute atomic E-state index is 0.448. The second kappa shape index (κ2) is 6.90. The van der Waals surface area contributed by atoms with Crippen LogP contribution in [0.15, 0.2) is 18.2 Å². The first-order chi connectivity index (χ1) is 9.47. The number of halogens is 1. The average Bonchev–Trinajstić information content (AvgIpc) is 2.42. The molecule has 1 aromatic carbocycles. The number of piperidine rings is 1. The number of hydrogen-bond acceptors (Lipinski definition) is 3. The number of aryl methyl sites for hydroxylation is 1. The van der Waals surface area contributed by atoms with Gasteiger partial charge < -0.3 is 14.9 Å². The van der Waals surface area contributed by atoms with E-state index in [9.17, 15) is 5.11 Å². The molecule has 1 saturated heterocycles. The lowest BCUT2D eigenvalue weighted by atomic mass is 10.0. The number of likely N-dealkylation sites (tertiary alicyclic amines) is 1. The van der Waals surface area contributed by atoms with Crippen LogP contribution in [0.2, 0.25) is 5.02 Å². The van der Waals surface area contributed by atoms with Crippen molar-refractivity contribution in [3.63, 3.8) is 0 Å². The highest BCUT2D eigenvalue weighted by Crippen LogP contribution is 2.23. The number of aliphatic hydroxyl groups excluding tert-OH is 1. The van der Waals surface area contributed by atoms with E-state index in [1.807, 2.05) is 25.1 Å². The first-order valence-corrected chi connectivity index (χ1v) is 7.68. The van der Waals surface area contributed by atoms with Gasteiger partial charge in [0.15, 0.2) is 0 Å². The van der Waals surface area contributed by atoms with Gasteiger partial charge in [-0.1, -0.05) is 23.7 Å². The summed E-state index contributed by atoms with van der Waals surface area (Å²) in [6, 6.07) is 6.34. The molecule has 1 fully saturated rings. The maximum Gasteiger partial charge on any atom is 0.0917 e. The topological polar surface area (TPSA) is 26.7 Å². The first kappa shape index (κ1) is 15.8. The van der Waals surface area contributed by atoms with Gasteiger partial charge >= 0.3 is 0 Å². The minimum Gasteiger partial charge on any atom is -0.387 e. The molecule has 3 nitrogen and oxygen atoms in total. The van der Waals surface area contributed by atoms with Crippen molar-refractivity contribution in [3.05, 3.63) is 34.3 Å². The van der Waals surface area contributed by atoms with Gasteiger partial charge in [-0.25, -0.2) is 0 Å².